The highest BCUT2D eigenvalue weighted by molar-refractivity contribution is 5.81. The Labute approximate surface area is 75.9 Å². The van der Waals surface area contributed by atoms with Gasteiger partial charge in [-0.1, -0.05) is 13.8 Å². The van der Waals surface area contributed by atoms with Crippen LogP contribution in [0.1, 0.15) is 20.8 Å². The lowest BCUT2D eigenvalue weighted by Gasteiger charge is -2.16. The second kappa shape index (κ2) is 7.10. The largest absolute Gasteiger partial charge is 0.357 e. The quantitative estimate of drug-likeness (QED) is 0.685. The summed E-state index contributed by atoms with van der Waals surface area (Å²) in [4.78, 5) is 6.59. The second-order valence-corrected chi connectivity index (χ2v) is 2.52. The summed E-state index contributed by atoms with van der Waals surface area (Å²) < 4.78 is 0. The van der Waals surface area contributed by atoms with Gasteiger partial charge in [-0.25, -0.2) is 0 Å². The molecule has 0 spiro atoms. The summed E-state index contributed by atoms with van der Waals surface area (Å²) in [6.45, 7) is 10.3. The lowest BCUT2D eigenvalue weighted by Crippen LogP contribution is -2.32. The van der Waals surface area contributed by atoms with E-state index in [2.05, 4.69) is 22.1 Å². The van der Waals surface area contributed by atoms with Gasteiger partial charge in [0.25, 0.3) is 0 Å². The molecule has 0 radical (unpaired) electrons. The maximum Gasteiger partial charge on any atom is 0.0959 e. The molecule has 0 saturated heterocycles. The Morgan fingerprint density at radius 1 is 1.50 bits per heavy atom. The van der Waals surface area contributed by atoms with E-state index in [0.717, 1.165) is 26.2 Å². The molecule has 0 aliphatic carbocycles. The number of likely N-dealkylation sites (N-methyl/N-ethyl adjacent to an activating group) is 1. The van der Waals surface area contributed by atoms with Crippen molar-refractivity contribution >= 4 is 5.84 Å². The van der Waals surface area contributed by atoms with Crippen LogP contribution in [-0.4, -0.2) is 44.0 Å². The van der Waals surface area contributed by atoms with Crippen molar-refractivity contribution in [3.05, 3.63) is 0 Å². The maximum atomic E-state index is 4.29. The zero-order chi connectivity index (χ0) is 9.40. The maximum absolute atomic E-state index is 4.29. The molecule has 0 saturated carbocycles. The number of aliphatic imine (C=N–C) groups is 1. The van der Waals surface area contributed by atoms with E-state index in [1.54, 1.807) is 0 Å². The Morgan fingerprint density at radius 2 is 2.17 bits per heavy atom. The third kappa shape index (κ3) is 3.72. The first-order valence-corrected chi connectivity index (χ1v) is 4.75. The van der Waals surface area contributed by atoms with E-state index < -0.39 is 0 Å². The van der Waals surface area contributed by atoms with Gasteiger partial charge in [-0.3, -0.25) is 4.99 Å². The number of amidine groups is 1. The summed E-state index contributed by atoms with van der Waals surface area (Å²) in [6.07, 6.45) is 0. The van der Waals surface area contributed by atoms with Crippen LogP contribution in [-0.2, 0) is 0 Å². The average Bonchev–Trinajstić information content (AvgIpc) is 2.51. The Balaban J connectivity index is 0.000000561. The molecule has 3 heteroatoms. The van der Waals surface area contributed by atoms with Gasteiger partial charge in [0, 0.05) is 19.6 Å². The van der Waals surface area contributed by atoms with Crippen LogP contribution in [0.15, 0.2) is 4.99 Å². The molecule has 1 rings (SSSR count). The Hall–Kier alpha value is -0.570. The molecule has 12 heavy (non-hydrogen) atoms. The van der Waals surface area contributed by atoms with Crippen LogP contribution in [0, 0.1) is 0 Å². The molecule has 3 nitrogen and oxygen atoms in total. The number of hydrogen-bond acceptors (Lipinski definition) is 3. The molecule has 0 fully saturated rings. The molecule has 1 N–H and O–H groups in total. The number of rotatable bonds is 3. The van der Waals surface area contributed by atoms with Crippen molar-refractivity contribution in [2.24, 2.45) is 4.99 Å². The van der Waals surface area contributed by atoms with Crippen molar-refractivity contribution in [3.63, 3.8) is 0 Å². The van der Waals surface area contributed by atoms with Crippen molar-refractivity contribution in [2.45, 2.75) is 20.8 Å². The van der Waals surface area contributed by atoms with Crippen LogP contribution in [0.2, 0.25) is 0 Å². The van der Waals surface area contributed by atoms with Crippen LogP contribution in [0.25, 0.3) is 0 Å². The summed E-state index contributed by atoms with van der Waals surface area (Å²) in [7, 11) is 1.97. The van der Waals surface area contributed by atoms with Gasteiger partial charge in [0.05, 0.1) is 12.4 Å². The fourth-order valence-corrected chi connectivity index (χ4v) is 1.11. The van der Waals surface area contributed by atoms with Crippen LogP contribution >= 0.6 is 0 Å². The minimum absolute atomic E-state index is 0.982. The van der Waals surface area contributed by atoms with Gasteiger partial charge in [-0.15, -0.1) is 0 Å². The van der Waals surface area contributed by atoms with Gasteiger partial charge in [0.15, 0.2) is 0 Å². The predicted molar refractivity (Wildman–Crippen MR) is 54.8 cm³/mol. The standard InChI is InChI=1S/C7H15N3.C2H6/c1-7-9-4-6-10(7)5-3-8-2;1-2/h8H,3-6H2,1-2H3;1-2H3. The Kier molecular flexibility index (Phi) is 6.76. The van der Waals surface area contributed by atoms with Crippen molar-refractivity contribution in [1.29, 1.82) is 0 Å². The Bertz CT molecular complexity index is 132. The van der Waals surface area contributed by atoms with Crippen LogP contribution < -0.4 is 5.32 Å². The first-order valence-electron chi connectivity index (χ1n) is 4.75. The van der Waals surface area contributed by atoms with Crippen molar-refractivity contribution in [1.82, 2.24) is 10.2 Å². The van der Waals surface area contributed by atoms with Gasteiger partial charge in [0.1, 0.15) is 0 Å². The summed E-state index contributed by atoms with van der Waals surface area (Å²) in [5.41, 5.74) is 0. The summed E-state index contributed by atoms with van der Waals surface area (Å²) in [5.74, 6) is 1.19. The van der Waals surface area contributed by atoms with Crippen LogP contribution in [0.3, 0.4) is 0 Å². The first kappa shape index (κ1) is 11.4. The molecule has 0 aromatic carbocycles. The van der Waals surface area contributed by atoms with Crippen molar-refractivity contribution < 1.29 is 0 Å². The molecule has 0 aromatic heterocycles. The SMILES string of the molecule is CC.CNCCN1CCN=C1C. The summed E-state index contributed by atoms with van der Waals surface area (Å²) in [5, 5.41) is 3.12. The van der Waals surface area contributed by atoms with E-state index in [9.17, 15) is 0 Å². The van der Waals surface area contributed by atoms with Gasteiger partial charge in [-0.05, 0) is 14.0 Å². The smallest absolute Gasteiger partial charge is 0.0959 e. The molecule has 0 bridgehead atoms. The summed E-state index contributed by atoms with van der Waals surface area (Å²) >= 11 is 0. The normalized spacial score (nSPS) is 15.3. The highest BCUT2D eigenvalue weighted by Crippen LogP contribution is 1.98. The van der Waals surface area contributed by atoms with Gasteiger partial charge < -0.3 is 10.2 Å². The third-order valence-electron chi connectivity index (χ3n) is 1.80. The van der Waals surface area contributed by atoms with E-state index in [4.69, 9.17) is 0 Å². The highest BCUT2D eigenvalue weighted by Gasteiger charge is 2.10. The second-order valence-electron chi connectivity index (χ2n) is 2.52. The van der Waals surface area contributed by atoms with Gasteiger partial charge in [0.2, 0.25) is 0 Å². The molecule has 1 heterocycles. The molecule has 1 aliphatic heterocycles. The predicted octanol–water partition coefficient (Wildman–Crippen LogP) is 0.966. The van der Waals surface area contributed by atoms with Crippen LogP contribution in [0.5, 0.6) is 0 Å². The third-order valence-corrected chi connectivity index (χ3v) is 1.80. The average molecular weight is 171 g/mol. The molecular weight excluding hydrogens is 150 g/mol. The molecular formula is C9H21N3. The summed E-state index contributed by atoms with van der Waals surface area (Å²) in [6, 6.07) is 0. The van der Waals surface area contributed by atoms with Crippen LogP contribution in [0.4, 0.5) is 0 Å². The lowest BCUT2D eigenvalue weighted by molar-refractivity contribution is 0.450. The minimum Gasteiger partial charge on any atom is -0.357 e. The molecule has 0 amide bonds. The molecule has 1 aliphatic rings. The highest BCUT2D eigenvalue weighted by atomic mass is 15.2. The zero-order valence-corrected chi connectivity index (χ0v) is 8.72. The van der Waals surface area contributed by atoms with Gasteiger partial charge >= 0.3 is 0 Å². The Morgan fingerprint density at radius 3 is 2.58 bits per heavy atom. The topological polar surface area (TPSA) is 27.6 Å². The zero-order valence-electron chi connectivity index (χ0n) is 8.72. The number of nitrogens with one attached hydrogen (secondary N) is 1. The van der Waals surface area contributed by atoms with Crippen molar-refractivity contribution in [2.75, 3.05) is 33.2 Å². The monoisotopic (exact) mass is 171 g/mol. The van der Waals surface area contributed by atoms with E-state index in [-0.39, 0.29) is 0 Å². The first-order chi connectivity index (χ1) is 5.84. The molecule has 72 valence electrons. The lowest BCUT2D eigenvalue weighted by atomic mass is 10.5. The van der Waals surface area contributed by atoms with Crippen molar-refractivity contribution in [3.8, 4) is 0 Å². The number of hydrogen-bond donors (Lipinski definition) is 1. The van der Waals surface area contributed by atoms with E-state index >= 15 is 0 Å². The molecule has 0 atom stereocenters. The van der Waals surface area contributed by atoms with E-state index in [1.165, 1.54) is 5.84 Å². The fourth-order valence-electron chi connectivity index (χ4n) is 1.11. The van der Waals surface area contributed by atoms with E-state index in [1.807, 2.05) is 20.9 Å². The molecule has 0 unspecified atom stereocenters. The number of nitrogens with zero attached hydrogens (tertiary/aromatic N) is 2. The van der Waals surface area contributed by atoms with Gasteiger partial charge in [-0.2, -0.15) is 0 Å². The fraction of sp³-hybridized carbons (Fsp3) is 0.889. The molecule has 0 aromatic rings. The van der Waals surface area contributed by atoms with E-state index in [0.29, 0.717) is 0 Å². The minimum atomic E-state index is 0.982.